The van der Waals surface area contributed by atoms with Crippen molar-refractivity contribution in [2.45, 2.75) is 32.0 Å². The van der Waals surface area contributed by atoms with E-state index in [0.29, 0.717) is 50.5 Å². The largest absolute Gasteiger partial charge is 0.467 e. The van der Waals surface area contributed by atoms with Crippen LogP contribution in [0.4, 0.5) is 15.3 Å². The minimum Gasteiger partial charge on any atom is -0.467 e. The van der Waals surface area contributed by atoms with Crippen molar-refractivity contribution in [3.63, 3.8) is 0 Å². The maximum absolute atomic E-state index is 13.2. The predicted molar refractivity (Wildman–Crippen MR) is 125 cm³/mol. The zero-order valence-corrected chi connectivity index (χ0v) is 19.3. The van der Waals surface area contributed by atoms with Gasteiger partial charge in [-0.1, -0.05) is 24.3 Å². The van der Waals surface area contributed by atoms with Crippen molar-refractivity contribution in [3.8, 4) is 5.75 Å². The highest BCUT2D eigenvalue weighted by molar-refractivity contribution is 5.99. The van der Waals surface area contributed by atoms with Gasteiger partial charge in [-0.05, 0) is 38.1 Å². The van der Waals surface area contributed by atoms with E-state index in [1.807, 2.05) is 37.3 Å². The molecule has 2 bridgehead atoms. The Morgan fingerprint density at radius 2 is 1.82 bits per heavy atom. The summed E-state index contributed by atoms with van der Waals surface area (Å²) in [4.78, 5) is 43.2. The van der Waals surface area contributed by atoms with Gasteiger partial charge >= 0.3 is 12.1 Å². The van der Waals surface area contributed by atoms with E-state index < -0.39 is 5.72 Å². The Labute approximate surface area is 198 Å². The third-order valence-electron chi connectivity index (χ3n) is 6.63. The van der Waals surface area contributed by atoms with Crippen LogP contribution in [0.1, 0.15) is 42.2 Å². The van der Waals surface area contributed by atoms with Gasteiger partial charge in [0.25, 0.3) is 5.91 Å². The lowest BCUT2D eigenvalue weighted by Gasteiger charge is -2.50. The average Bonchev–Trinajstić information content (AvgIpc) is 2.83. The van der Waals surface area contributed by atoms with Gasteiger partial charge in [0.1, 0.15) is 5.75 Å². The van der Waals surface area contributed by atoms with E-state index >= 15 is 0 Å². The summed E-state index contributed by atoms with van der Waals surface area (Å²) in [6.07, 6.45) is 0.234. The van der Waals surface area contributed by atoms with Crippen molar-refractivity contribution in [3.05, 3.63) is 59.7 Å². The summed E-state index contributed by atoms with van der Waals surface area (Å²) in [6, 6.07) is 14.4. The number of rotatable bonds is 3. The van der Waals surface area contributed by atoms with Crippen LogP contribution < -0.4 is 15.0 Å². The maximum atomic E-state index is 13.2. The fourth-order valence-electron chi connectivity index (χ4n) is 4.98. The number of hydrogen-bond donors (Lipinski definition) is 1. The van der Waals surface area contributed by atoms with Crippen molar-refractivity contribution >= 4 is 23.7 Å². The molecule has 0 aromatic heterocycles. The maximum Gasteiger partial charge on any atom is 0.409 e. The Morgan fingerprint density at radius 1 is 1.09 bits per heavy atom. The van der Waals surface area contributed by atoms with Gasteiger partial charge in [0.15, 0.2) is 5.72 Å². The first-order chi connectivity index (χ1) is 16.4. The summed E-state index contributed by atoms with van der Waals surface area (Å²) in [5.74, 6) is 0.610. The first-order valence-electron chi connectivity index (χ1n) is 11.6. The number of piperazine rings is 1. The quantitative estimate of drug-likeness (QED) is 0.752. The van der Waals surface area contributed by atoms with Crippen LogP contribution >= 0.6 is 0 Å². The number of anilines is 1. The SMILES string of the molecule is CCOC(=O)N1CCN(C(=O)c2cccc(N3C(=O)N[C@H]4C[C@@]3(C)Oc3ccccc34)c2)CC1. The molecular weight excluding hydrogens is 436 g/mol. The molecule has 178 valence electrons. The van der Waals surface area contributed by atoms with Gasteiger partial charge in [-0.15, -0.1) is 0 Å². The number of fused-ring (bicyclic) bond motifs is 4. The number of para-hydroxylation sites is 1. The van der Waals surface area contributed by atoms with Crippen molar-refractivity contribution in [2.24, 2.45) is 0 Å². The Hall–Kier alpha value is -3.75. The number of amides is 4. The lowest BCUT2D eigenvalue weighted by molar-refractivity contribution is 0.0378. The highest BCUT2D eigenvalue weighted by Gasteiger charge is 2.49. The smallest absolute Gasteiger partial charge is 0.409 e. The number of ether oxygens (including phenoxy) is 2. The summed E-state index contributed by atoms with van der Waals surface area (Å²) in [6.45, 7) is 5.68. The molecule has 2 atom stereocenters. The Kier molecular flexibility index (Phi) is 5.55. The van der Waals surface area contributed by atoms with Gasteiger partial charge in [0, 0.05) is 43.7 Å². The molecule has 0 saturated carbocycles. The molecule has 0 unspecified atom stereocenters. The molecule has 9 nitrogen and oxygen atoms in total. The van der Waals surface area contributed by atoms with E-state index in [9.17, 15) is 14.4 Å². The molecule has 9 heteroatoms. The van der Waals surface area contributed by atoms with E-state index in [0.717, 1.165) is 11.3 Å². The summed E-state index contributed by atoms with van der Waals surface area (Å²) >= 11 is 0. The molecule has 0 spiro atoms. The van der Waals surface area contributed by atoms with E-state index in [1.165, 1.54) is 0 Å². The van der Waals surface area contributed by atoms with E-state index in [1.54, 1.807) is 39.8 Å². The molecule has 4 amide bonds. The summed E-state index contributed by atoms with van der Waals surface area (Å²) < 4.78 is 11.4. The minimum atomic E-state index is -0.881. The topological polar surface area (TPSA) is 91.4 Å². The molecule has 0 aliphatic carbocycles. The van der Waals surface area contributed by atoms with E-state index in [4.69, 9.17) is 9.47 Å². The number of carbonyl (C=O) groups excluding carboxylic acids is 3. The first kappa shape index (κ1) is 22.1. The number of hydrogen-bond acceptors (Lipinski definition) is 5. The van der Waals surface area contributed by atoms with Crippen LogP contribution in [0.25, 0.3) is 0 Å². The highest BCUT2D eigenvalue weighted by atomic mass is 16.6. The molecular formula is C25H28N4O5. The molecule has 2 saturated heterocycles. The molecule has 0 radical (unpaired) electrons. The fourth-order valence-corrected chi connectivity index (χ4v) is 4.98. The summed E-state index contributed by atoms with van der Waals surface area (Å²) in [5.41, 5.74) is 1.17. The van der Waals surface area contributed by atoms with E-state index in [2.05, 4.69) is 5.32 Å². The van der Waals surface area contributed by atoms with Crippen molar-refractivity contribution in [1.29, 1.82) is 0 Å². The lowest BCUT2D eigenvalue weighted by Crippen LogP contribution is -2.65. The third-order valence-corrected chi connectivity index (χ3v) is 6.63. The van der Waals surface area contributed by atoms with Crippen molar-refractivity contribution in [1.82, 2.24) is 15.1 Å². The van der Waals surface area contributed by atoms with Gasteiger partial charge in [-0.2, -0.15) is 0 Å². The normalized spacial score (nSPS) is 23.5. The number of carbonyl (C=O) groups is 3. The predicted octanol–water partition coefficient (Wildman–Crippen LogP) is 3.37. The van der Waals surface area contributed by atoms with Crippen LogP contribution in [0.3, 0.4) is 0 Å². The average molecular weight is 465 g/mol. The lowest BCUT2D eigenvalue weighted by atomic mass is 9.90. The van der Waals surface area contributed by atoms with Gasteiger partial charge in [0.05, 0.1) is 18.3 Å². The Morgan fingerprint density at radius 3 is 2.59 bits per heavy atom. The van der Waals surface area contributed by atoms with Gasteiger partial charge in [-0.3, -0.25) is 9.69 Å². The zero-order chi connectivity index (χ0) is 23.9. The van der Waals surface area contributed by atoms with Crippen LogP contribution in [-0.2, 0) is 4.74 Å². The second kappa shape index (κ2) is 8.55. The molecule has 34 heavy (non-hydrogen) atoms. The second-order valence-electron chi connectivity index (χ2n) is 8.89. The molecule has 5 rings (SSSR count). The summed E-state index contributed by atoms with van der Waals surface area (Å²) in [7, 11) is 0. The molecule has 3 heterocycles. The van der Waals surface area contributed by atoms with Crippen LogP contribution in [0.5, 0.6) is 5.75 Å². The molecule has 2 aromatic rings. The second-order valence-corrected chi connectivity index (χ2v) is 8.89. The van der Waals surface area contributed by atoms with Crippen molar-refractivity contribution in [2.75, 3.05) is 37.7 Å². The highest BCUT2D eigenvalue weighted by Crippen LogP contribution is 2.45. The third kappa shape index (κ3) is 3.81. The van der Waals surface area contributed by atoms with Gasteiger partial charge < -0.3 is 24.6 Å². The Balaban J connectivity index is 1.35. The van der Waals surface area contributed by atoms with Gasteiger partial charge in [-0.25, -0.2) is 9.59 Å². The number of nitrogens with one attached hydrogen (secondary N) is 1. The fraction of sp³-hybridized carbons (Fsp3) is 0.400. The van der Waals surface area contributed by atoms with Gasteiger partial charge in [0.2, 0.25) is 0 Å². The number of nitrogens with zero attached hydrogens (tertiary/aromatic N) is 3. The van der Waals surface area contributed by atoms with Crippen LogP contribution in [0, 0.1) is 0 Å². The van der Waals surface area contributed by atoms with Crippen LogP contribution in [0.15, 0.2) is 48.5 Å². The first-order valence-corrected chi connectivity index (χ1v) is 11.6. The number of urea groups is 1. The zero-order valence-electron chi connectivity index (χ0n) is 19.3. The minimum absolute atomic E-state index is 0.126. The monoisotopic (exact) mass is 464 g/mol. The van der Waals surface area contributed by atoms with Crippen LogP contribution in [0.2, 0.25) is 0 Å². The number of benzene rings is 2. The van der Waals surface area contributed by atoms with E-state index in [-0.39, 0.29) is 24.1 Å². The van der Waals surface area contributed by atoms with Crippen molar-refractivity contribution < 1.29 is 23.9 Å². The molecule has 2 aromatic carbocycles. The standard InChI is InChI=1S/C25H28N4O5/c1-3-33-24(32)28-13-11-27(12-14-28)22(30)17-7-6-8-18(15-17)29-23(31)26-20-16-25(29,2)34-21-10-5-4-9-19(20)21/h4-10,15,20H,3,11-14,16H2,1-2H3,(H,26,31)/t20-,25+/m0/s1. The van der Waals surface area contributed by atoms with Crippen LogP contribution in [-0.4, -0.2) is 66.3 Å². The summed E-state index contributed by atoms with van der Waals surface area (Å²) in [5, 5.41) is 3.08. The molecule has 3 aliphatic heterocycles. The molecule has 1 N–H and O–H groups in total. The molecule has 2 fully saturated rings. The Bertz CT molecular complexity index is 1130. The molecule has 3 aliphatic rings.